The highest BCUT2D eigenvalue weighted by atomic mass is 16.1. The van der Waals surface area contributed by atoms with Gasteiger partial charge in [0.2, 0.25) is 0 Å². The van der Waals surface area contributed by atoms with Crippen molar-refractivity contribution in [3.8, 4) is 0 Å². The summed E-state index contributed by atoms with van der Waals surface area (Å²) in [7, 11) is 0. The van der Waals surface area contributed by atoms with Gasteiger partial charge >= 0.3 is 6.21 Å². The average molecular weight is 174 g/mol. The fourth-order valence-corrected chi connectivity index (χ4v) is 1.14. The van der Waals surface area contributed by atoms with E-state index < -0.39 is 0 Å². The molecule has 13 heavy (non-hydrogen) atoms. The van der Waals surface area contributed by atoms with E-state index in [9.17, 15) is 4.79 Å². The predicted octanol–water partition coefficient (Wildman–Crippen LogP) is 1.79. The Kier molecular flexibility index (Phi) is 2.72. The summed E-state index contributed by atoms with van der Waals surface area (Å²) in [5.74, 6) is -0.274. The number of hydrogen-bond acceptors (Lipinski definition) is 1. The number of ketones is 1. The molecule has 3 nitrogen and oxygen atoms in total. The van der Waals surface area contributed by atoms with Crippen LogP contribution in [0.2, 0.25) is 0 Å². The van der Waals surface area contributed by atoms with Gasteiger partial charge < -0.3 is 5.53 Å². The SMILES string of the molecule is Cc1cccc(C(=O)C=[N+]=[N-])c1C. The van der Waals surface area contributed by atoms with E-state index in [1.165, 1.54) is 0 Å². The maximum Gasteiger partial charge on any atom is 0.328 e. The van der Waals surface area contributed by atoms with Gasteiger partial charge in [-0.05, 0) is 25.0 Å². The maximum absolute atomic E-state index is 11.3. The molecule has 0 aromatic heterocycles. The Morgan fingerprint density at radius 3 is 2.77 bits per heavy atom. The van der Waals surface area contributed by atoms with Crippen molar-refractivity contribution in [2.75, 3.05) is 0 Å². The van der Waals surface area contributed by atoms with Gasteiger partial charge in [-0.2, -0.15) is 4.79 Å². The minimum atomic E-state index is -0.274. The van der Waals surface area contributed by atoms with Crippen molar-refractivity contribution in [3.05, 3.63) is 40.4 Å². The summed E-state index contributed by atoms with van der Waals surface area (Å²) in [4.78, 5) is 14.0. The fourth-order valence-electron chi connectivity index (χ4n) is 1.14. The summed E-state index contributed by atoms with van der Waals surface area (Å²) in [5, 5.41) is 0. The lowest BCUT2D eigenvalue weighted by atomic mass is 10.0. The van der Waals surface area contributed by atoms with Crippen molar-refractivity contribution < 1.29 is 9.58 Å². The van der Waals surface area contributed by atoms with Gasteiger partial charge in [0.15, 0.2) is 0 Å². The minimum absolute atomic E-state index is 0.274. The van der Waals surface area contributed by atoms with Gasteiger partial charge in [-0.1, -0.05) is 18.2 Å². The number of carbonyl (C=O) groups is 1. The monoisotopic (exact) mass is 174 g/mol. The molecule has 0 bridgehead atoms. The molecule has 0 unspecified atom stereocenters. The Bertz CT molecular complexity index is 390. The van der Waals surface area contributed by atoms with E-state index in [4.69, 9.17) is 5.53 Å². The summed E-state index contributed by atoms with van der Waals surface area (Å²) in [5.41, 5.74) is 10.8. The molecule has 1 aromatic carbocycles. The van der Waals surface area contributed by atoms with Crippen LogP contribution in [0.25, 0.3) is 5.53 Å². The van der Waals surface area contributed by atoms with Crippen molar-refractivity contribution in [2.45, 2.75) is 13.8 Å². The first-order valence-corrected chi connectivity index (χ1v) is 3.95. The van der Waals surface area contributed by atoms with Crippen LogP contribution in [0.3, 0.4) is 0 Å². The van der Waals surface area contributed by atoms with Crippen LogP contribution in [-0.2, 0) is 0 Å². The van der Waals surface area contributed by atoms with Crippen molar-refractivity contribution in [1.29, 1.82) is 0 Å². The molecule has 1 rings (SSSR count). The number of nitrogens with zero attached hydrogens (tertiary/aromatic N) is 2. The van der Waals surface area contributed by atoms with Gasteiger partial charge in [-0.3, -0.25) is 4.79 Å². The molecule has 0 aliphatic carbocycles. The Balaban J connectivity index is 3.22. The molecular weight excluding hydrogens is 164 g/mol. The topological polar surface area (TPSA) is 53.5 Å². The summed E-state index contributed by atoms with van der Waals surface area (Å²) in [6, 6.07) is 5.45. The smallest absolute Gasteiger partial charge is 0.328 e. The van der Waals surface area contributed by atoms with Crippen LogP contribution >= 0.6 is 0 Å². The molecule has 0 fully saturated rings. The number of rotatable bonds is 2. The van der Waals surface area contributed by atoms with E-state index >= 15 is 0 Å². The van der Waals surface area contributed by atoms with E-state index in [-0.39, 0.29) is 5.78 Å². The highest BCUT2D eigenvalue weighted by Crippen LogP contribution is 2.12. The van der Waals surface area contributed by atoms with Gasteiger partial charge in [0, 0.05) is 5.56 Å². The second-order valence-corrected chi connectivity index (χ2v) is 2.86. The number of hydrogen-bond donors (Lipinski definition) is 0. The lowest BCUT2D eigenvalue weighted by Crippen LogP contribution is -2.04. The highest BCUT2D eigenvalue weighted by Gasteiger charge is 2.10. The largest absolute Gasteiger partial charge is 0.361 e. The zero-order valence-electron chi connectivity index (χ0n) is 7.61. The number of Topliss-reactive ketones (excluding diaryl/α,β-unsaturated/α-hetero) is 1. The van der Waals surface area contributed by atoms with Gasteiger partial charge in [0.05, 0.1) is 0 Å². The van der Waals surface area contributed by atoms with Crippen LogP contribution in [0.15, 0.2) is 18.2 Å². The molecule has 3 heteroatoms. The number of carbonyl (C=O) groups excluding carboxylic acids is 1. The highest BCUT2D eigenvalue weighted by molar-refractivity contribution is 6.33. The summed E-state index contributed by atoms with van der Waals surface area (Å²) >= 11 is 0. The summed E-state index contributed by atoms with van der Waals surface area (Å²) in [6.45, 7) is 3.80. The lowest BCUT2D eigenvalue weighted by Gasteiger charge is -2.02. The van der Waals surface area contributed by atoms with Crippen LogP contribution in [-0.4, -0.2) is 16.8 Å². The van der Waals surface area contributed by atoms with Crippen LogP contribution < -0.4 is 0 Å². The fraction of sp³-hybridized carbons (Fsp3) is 0.200. The summed E-state index contributed by atoms with van der Waals surface area (Å²) < 4.78 is 0. The first-order valence-electron chi connectivity index (χ1n) is 3.95. The Morgan fingerprint density at radius 1 is 1.46 bits per heavy atom. The third-order valence-corrected chi connectivity index (χ3v) is 2.05. The van der Waals surface area contributed by atoms with Crippen LogP contribution in [0.1, 0.15) is 21.5 Å². The third-order valence-electron chi connectivity index (χ3n) is 2.05. The first-order chi connectivity index (χ1) is 6.16. The van der Waals surface area contributed by atoms with E-state index in [2.05, 4.69) is 4.79 Å². The number of benzene rings is 1. The van der Waals surface area contributed by atoms with Gasteiger partial charge in [0.25, 0.3) is 5.78 Å². The first kappa shape index (κ1) is 9.36. The Labute approximate surface area is 76.6 Å². The van der Waals surface area contributed by atoms with E-state index in [1.54, 1.807) is 12.1 Å². The maximum atomic E-state index is 11.3. The van der Waals surface area contributed by atoms with Crippen molar-refractivity contribution in [2.24, 2.45) is 0 Å². The molecule has 0 amide bonds. The Morgan fingerprint density at radius 2 is 2.15 bits per heavy atom. The molecule has 0 heterocycles. The van der Waals surface area contributed by atoms with Crippen molar-refractivity contribution in [3.63, 3.8) is 0 Å². The van der Waals surface area contributed by atoms with Crippen LogP contribution in [0.4, 0.5) is 0 Å². The average Bonchev–Trinajstić information content (AvgIpc) is 2.10. The lowest BCUT2D eigenvalue weighted by molar-refractivity contribution is 0.00234. The molecule has 0 saturated carbocycles. The number of aryl methyl sites for hydroxylation is 1. The molecule has 0 saturated heterocycles. The predicted molar refractivity (Wildman–Crippen MR) is 49.9 cm³/mol. The Hall–Kier alpha value is -1.73. The van der Waals surface area contributed by atoms with Crippen LogP contribution in [0, 0.1) is 13.8 Å². The molecule has 0 radical (unpaired) electrons. The van der Waals surface area contributed by atoms with Crippen LogP contribution in [0.5, 0.6) is 0 Å². The molecule has 0 spiro atoms. The molecule has 0 N–H and O–H groups in total. The summed E-state index contributed by atoms with van der Waals surface area (Å²) in [6.07, 6.45) is 0.905. The van der Waals surface area contributed by atoms with Gasteiger partial charge in [-0.25, -0.2) is 0 Å². The van der Waals surface area contributed by atoms with E-state index in [0.717, 1.165) is 17.3 Å². The normalized spacial score (nSPS) is 9.08. The third kappa shape index (κ3) is 1.89. The van der Waals surface area contributed by atoms with Crippen molar-refractivity contribution >= 4 is 12.0 Å². The zero-order chi connectivity index (χ0) is 9.84. The minimum Gasteiger partial charge on any atom is -0.361 e. The molecule has 0 atom stereocenters. The molecular formula is C10H10N2O. The van der Waals surface area contributed by atoms with Gasteiger partial charge in [-0.15, -0.1) is 0 Å². The van der Waals surface area contributed by atoms with Gasteiger partial charge in [0.1, 0.15) is 0 Å². The molecule has 0 aliphatic rings. The quantitative estimate of drug-likeness (QED) is 0.292. The molecule has 1 aromatic rings. The van der Waals surface area contributed by atoms with E-state index in [0.29, 0.717) is 5.56 Å². The second kappa shape index (κ2) is 3.78. The van der Waals surface area contributed by atoms with E-state index in [1.807, 2.05) is 19.9 Å². The standard InChI is InChI=1S/C10H10N2O/c1-7-4-3-5-9(8(7)2)10(13)6-12-11/h3-6H,1-2H3. The second-order valence-electron chi connectivity index (χ2n) is 2.86. The molecule has 66 valence electrons. The molecule has 0 aliphatic heterocycles. The van der Waals surface area contributed by atoms with Crippen molar-refractivity contribution in [1.82, 2.24) is 0 Å². The zero-order valence-corrected chi connectivity index (χ0v) is 7.61.